The molecule has 1 heterocycles. The Kier molecular flexibility index (Phi) is 4.41. The van der Waals surface area contributed by atoms with Crippen LogP contribution in [0.2, 0.25) is 0 Å². The summed E-state index contributed by atoms with van der Waals surface area (Å²) < 4.78 is 26.5. The van der Waals surface area contributed by atoms with Crippen LogP contribution in [0.4, 0.5) is 4.39 Å². The molecule has 19 heavy (non-hydrogen) atoms. The first-order valence-corrected chi connectivity index (χ1v) is 6.86. The van der Waals surface area contributed by atoms with Gasteiger partial charge in [-0.25, -0.2) is 9.37 Å². The highest BCUT2D eigenvalue weighted by atomic mass is 32.2. The van der Waals surface area contributed by atoms with Crippen LogP contribution >= 0.6 is 0 Å². The van der Waals surface area contributed by atoms with E-state index in [1.165, 1.54) is 6.07 Å². The minimum atomic E-state index is -0.942. The first-order chi connectivity index (χ1) is 9.20. The number of benzene rings is 1. The number of hydrogen-bond acceptors (Lipinski definition) is 3. The molecular formula is C14H13FN2OS. The lowest BCUT2D eigenvalue weighted by molar-refractivity contribution is 0.412. The number of pyridine rings is 1. The summed E-state index contributed by atoms with van der Waals surface area (Å²) in [6.45, 7) is 0. The molecule has 0 spiro atoms. The fraction of sp³-hybridized carbons (Fsp3) is 0.0714. The van der Waals surface area contributed by atoms with E-state index in [0.717, 1.165) is 0 Å². The normalized spacial score (nSPS) is 12.5. The number of rotatable bonds is 4. The van der Waals surface area contributed by atoms with Crippen molar-refractivity contribution in [1.29, 1.82) is 4.78 Å². The molecule has 2 rings (SSSR count). The molecule has 0 radical (unpaired) electrons. The molecular weight excluding hydrogens is 263 g/mol. The summed E-state index contributed by atoms with van der Waals surface area (Å²) in [5.74, 6) is 0.364. The number of hydrogen-bond donors (Lipinski definition) is 1. The quantitative estimate of drug-likeness (QED) is 0.926. The number of nitrogens with zero attached hydrogens (tertiary/aromatic N) is 1. The average Bonchev–Trinajstić information content (AvgIpc) is 2.46. The second kappa shape index (κ2) is 6.24. The molecule has 1 N–H and O–H groups in total. The van der Waals surface area contributed by atoms with Gasteiger partial charge in [-0.1, -0.05) is 18.2 Å². The molecule has 5 heteroatoms. The average molecular weight is 276 g/mol. The van der Waals surface area contributed by atoms with Gasteiger partial charge in [-0.15, -0.1) is 0 Å². The molecule has 1 aromatic heterocycles. The van der Waals surface area contributed by atoms with E-state index in [0.29, 0.717) is 16.3 Å². The van der Waals surface area contributed by atoms with Crippen LogP contribution in [-0.2, 0) is 10.7 Å². The van der Waals surface area contributed by atoms with Crippen molar-refractivity contribution in [3.63, 3.8) is 0 Å². The molecule has 98 valence electrons. The van der Waals surface area contributed by atoms with E-state index < -0.39 is 10.7 Å². The zero-order valence-corrected chi connectivity index (χ0v) is 11.2. The van der Waals surface area contributed by atoms with Gasteiger partial charge < -0.3 is 4.74 Å². The largest absolute Gasteiger partial charge is 0.497 e. The van der Waals surface area contributed by atoms with Gasteiger partial charge in [-0.05, 0) is 34.3 Å². The summed E-state index contributed by atoms with van der Waals surface area (Å²) in [5.41, 5.74) is 0.468. The molecule has 3 nitrogen and oxygen atoms in total. The van der Waals surface area contributed by atoms with Gasteiger partial charge in [-0.2, -0.15) is 0 Å². The third kappa shape index (κ3) is 3.48. The Hall–Kier alpha value is -2.01. The summed E-state index contributed by atoms with van der Waals surface area (Å²) in [5, 5.41) is 2.21. The first kappa shape index (κ1) is 13.4. The topological polar surface area (TPSA) is 46.0 Å². The molecule has 1 unspecified atom stereocenters. The zero-order chi connectivity index (χ0) is 13.7. The zero-order valence-electron chi connectivity index (χ0n) is 10.3. The van der Waals surface area contributed by atoms with Crippen LogP contribution in [0.3, 0.4) is 0 Å². The SMILES string of the molecule is COc1ccnc(S(=N)/C=C/c2ccccc2F)c1. The van der Waals surface area contributed by atoms with Gasteiger partial charge in [0.2, 0.25) is 0 Å². The van der Waals surface area contributed by atoms with E-state index in [2.05, 4.69) is 4.98 Å². The molecule has 0 fully saturated rings. The van der Waals surface area contributed by atoms with Crippen molar-refractivity contribution in [3.05, 3.63) is 59.4 Å². The van der Waals surface area contributed by atoms with E-state index in [-0.39, 0.29) is 5.82 Å². The fourth-order valence-electron chi connectivity index (χ4n) is 1.46. The Morgan fingerprint density at radius 2 is 2.11 bits per heavy atom. The van der Waals surface area contributed by atoms with Crippen molar-refractivity contribution in [2.45, 2.75) is 5.03 Å². The van der Waals surface area contributed by atoms with E-state index in [9.17, 15) is 4.39 Å². The fourth-order valence-corrected chi connectivity index (χ4v) is 2.30. The van der Waals surface area contributed by atoms with Crippen LogP contribution in [0.1, 0.15) is 5.56 Å². The molecule has 0 aliphatic heterocycles. The van der Waals surface area contributed by atoms with Crippen molar-refractivity contribution in [2.75, 3.05) is 7.11 Å². The van der Waals surface area contributed by atoms with Crippen molar-refractivity contribution in [2.24, 2.45) is 0 Å². The number of nitrogens with one attached hydrogen (secondary N) is 1. The van der Waals surface area contributed by atoms with E-state index in [1.807, 2.05) is 0 Å². The Bertz CT molecular complexity index is 628. The molecule has 1 atom stereocenters. The molecule has 0 aliphatic rings. The number of methoxy groups -OCH3 is 1. The van der Waals surface area contributed by atoms with Gasteiger partial charge in [0.1, 0.15) is 16.6 Å². The predicted molar refractivity (Wildman–Crippen MR) is 74.6 cm³/mol. The predicted octanol–water partition coefficient (Wildman–Crippen LogP) is 3.64. The van der Waals surface area contributed by atoms with E-state index >= 15 is 0 Å². The van der Waals surface area contributed by atoms with Crippen molar-refractivity contribution < 1.29 is 9.13 Å². The lowest BCUT2D eigenvalue weighted by Gasteiger charge is -2.03. The van der Waals surface area contributed by atoms with Crippen LogP contribution in [0, 0.1) is 10.6 Å². The maximum Gasteiger partial charge on any atom is 0.130 e. The third-order valence-corrected chi connectivity index (χ3v) is 3.54. The Balaban J connectivity index is 2.19. The summed E-state index contributed by atoms with van der Waals surface area (Å²) in [6.07, 6.45) is 3.20. The molecule has 0 saturated carbocycles. The second-order valence-corrected chi connectivity index (χ2v) is 5.06. The first-order valence-electron chi connectivity index (χ1n) is 5.58. The summed E-state index contributed by atoms with van der Waals surface area (Å²) >= 11 is 0. The van der Waals surface area contributed by atoms with Gasteiger partial charge in [-0.3, -0.25) is 4.78 Å². The molecule has 0 bridgehead atoms. The minimum absolute atomic E-state index is 0.297. The maximum absolute atomic E-state index is 13.4. The molecule has 0 saturated heterocycles. The molecule has 2 aromatic rings. The molecule has 0 amide bonds. The van der Waals surface area contributed by atoms with Crippen LogP contribution in [0.25, 0.3) is 6.08 Å². The van der Waals surface area contributed by atoms with Gasteiger partial charge in [0, 0.05) is 17.8 Å². The smallest absolute Gasteiger partial charge is 0.130 e. The van der Waals surface area contributed by atoms with Crippen molar-refractivity contribution in [3.8, 4) is 5.75 Å². The third-order valence-electron chi connectivity index (χ3n) is 2.46. The lowest BCUT2D eigenvalue weighted by atomic mass is 10.2. The van der Waals surface area contributed by atoms with Crippen molar-refractivity contribution >= 4 is 16.8 Å². The highest BCUT2D eigenvalue weighted by Crippen LogP contribution is 2.15. The van der Waals surface area contributed by atoms with Crippen LogP contribution in [0.15, 0.2) is 53.0 Å². The number of aromatic nitrogens is 1. The molecule has 0 aliphatic carbocycles. The van der Waals surface area contributed by atoms with Gasteiger partial charge in [0.05, 0.1) is 7.11 Å². The summed E-state index contributed by atoms with van der Waals surface area (Å²) in [6, 6.07) is 9.89. The minimum Gasteiger partial charge on any atom is -0.497 e. The monoisotopic (exact) mass is 276 g/mol. The van der Waals surface area contributed by atoms with Crippen molar-refractivity contribution in [1.82, 2.24) is 4.98 Å². The van der Waals surface area contributed by atoms with E-state index in [1.54, 1.807) is 55.1 Å². The van der Waals surface area contributed by atoms with Gasteiger partial charge in [0.15, 0.2) is 0 Å². The maximum atomic E-state index is 13.4. The summed E-state index contributed by atoms with van der Waals surface area (Å²) in [7, 11) is 0.623. The van der Waals surface area contributed by atoms with Gasteiger partial charge in [0.25, 0.3) is 0 Å². The molecule has 1 aromatic carbocycles. The highest BCUT2D eigenvalue weighted by Gasteiger charge is 2.01. The van der Waals surface area contributed by atoms with Gasteiger partial charge >= 0.3 is 0 Å². The standard InChI is InChI=1S/C14H13FN2OS/c1-18-12-6-8-17-14(10-12)19(16)9-7-11-4-2-3-5-13(11)15/h2-10,16H,1H3/b9-7+. The highest BCUT2D eigenvalue weighted by molar-refractivity contribution is 7.89. The number of halogens is 1. The summed E-state index contributed by atoms with van der Waals surface area (Å²) in [4.78, 5) is 4.12. The van der Waals surface area contributed by atoms with Crippen LogP contribution in [0.5, 0.6) is 5.75 Å². The second-order valence-electron chi connectivity index (χ2n) is 3.70. The Morgan fingerprint density at radius 3 is 2.84 bits per heavy atom. The van der Waals surface area contributed by atoms with E-state index in [4.69, 9.17) is 9.52 Å². The Morgan fingerprint density at radius 1 is 1.32 bits per heavy atom. The lowest BCUT2D eigenvalue weighted by Crippen LogP contribution is -1.91. The van der Waals surface area contributed by atoms with Crippen LogP contribution < -0.4 is 4.74 Å². The Labute approximate surface area is 113 Å². The number of ether oxygens (including phenoxy) is 1. The van der Waals surface area contributed by atoms with Crippen LogP contribution in [-0.4, -0.2) is 12.1 Å².